The highest BCUT2D eigenvalue weighted by molar-refractivity contribution is 8.13. The summed E-state index contributed by atoms with van der Waals surface area (Å²) in [5.74, 6) is -2.12. The Morgan fingerprint density at radius 2 is 1.68 bits per heavy atom. The SMILES string of the molecule is CC(C)(COP(=O)(O)OP(=O)(O)OCC1OC(n2cnc3c(N)ncnc32)C(O)C1OP(=O)(O)O)C(O)C(=O)NCCC(=O)NCCSC(=O)[C@@](C)(N)Cc1ccc(O)c(O)c1. The molecule has 14 N–H and O–H groups in total. The maximum absolute atomic E-state index is 12.7. The zero-order chi connectivity index (χ0) is 46.4. The monoisotopic (exact) mass is 960 g/mol. The number of anilines is 1. The van der Waals surface area contributed by atoms with Crippen molar-refractivity contribution in [1.82, 2.24) is 30.2 Å². The number of nitrogens with two attached hydrogens (primary N) is 2. The summed E-state index contributed by atoms with van der Waals surface area (Å²) in [6, 6.07) is 4.07. The van der Waals surface area contributed by atoms with Gasteiger partial charge in [-0.1, -0.05) is 31.7 Å². The number of imidazole rings is 1. The van der Waals surface area contributed by atoms with E-state index in [9.17, 15) is 68.1 Å². The van der Waals surface area contributed by atoms with Crippen molar-refractivity contribution in [2.24, 2.45) is 11.1 Å². The number of phenols is 2. The third-order valence-electron chi connectivity index (χ3n) is 8.81. The lowest BCUT2D eigenvalue weighted by atomic mass is 9.87. The molecule has 2 amide bonds. The van der Waals surface area contributed by atoms with E-state index >= 15 is 0 Å². The highest BCUT2D eigenvalue weighted by atomic mass is 32.2. The van der Waals surface area contributed by atoms with E-state index in [0.29, 0.717) is 5.56 Å². The van der Waals surface area contributed by atoms with Crippen LogP contribution >= 0.6 is 35.2 Å². The Balaban J connectivity index is 1.20. The van der Waals surface area contributed by atoms with Crippen molar-refractivity contribution in [2.75, 3.05) is 37.8 Å². The fourth-order valence-corrected chi connectivity index (χ4v) is 9.23. The third-order valence-corrected chi connectivity index (χ3v) is 13.0. The second-order valence-electron chi connectivity index (χ2n) is 14.6. The van der Waals surface area contributed by atoms with E-state index in [-0.39, 0.29) is 60.2 Å². The highest BCUT2D eigenvalue weighted by Crippen LogP contribution is 2.61. The minimum atomic E-state index is -5.60. The average Bonchev–Trinajstić information content (AvgIpc) is 3.72. The number of aliphatic hydroxyl groups excluding tert-OH is 2. The summed E-state index contributed by atoms with van der Waals surface area (Å²) in [4.78, 5) is 88.6. The molecule has 0 spiro atoms. The molecule has 1 fully saturated rings. The lowest BCUT2D eigenvalue weighted by Crippen LogP contribution is -2.46. The molecule has 27 nitrogen and oxygen atoms in total. The van der Waals surface area contributed by atoms with Crippen molar-refractivity contribution in [3.8, 4) is 11.5 Å². The highest BCUT2D eigenvalue weighted by Gasteiger charge is 2.50. The Morgan fingerprint density at radius 1 is 1.00 bits per heavy atom. The molecule has 0 bridgehead atoms. The van der Waals surface area contributed by atoms with Crippen LogP contribution in [0.5, 0.6) is 11.5 Å². The number of ether oxygens (including phenoxy) is 1. The second-order valence-corrected chi connectivity index (χ2v) is 19.9. The zero-order valence-electron chi connectivity index (χ0n) is 33.0. The maximum Gasteiger partial charge on any atom is 0.481 e. The summed E-state index contributed by atoms with van der Waals surface area (Å²) in [5, 5.41) is 45.1. The van der Waals surface area contributed by atoms with Gasteiger partial charge >= 0.3 is 23.5 Å². The number of benzene rings is 1. The number of rotatable bonds is 22. The topological polar surface area (TPSA) is 430 Å². The van der Waals surface area contributed by atoms with Gasteiger partial charge in [-0.05, 0) is 31.0 Å². The number of phosphoric ester groups is 3. The van der Waals surface area contributed by atoms with Crippen LogP contribution in [0.1, 0.15) is 39.0 Å². The molecule has 1 aliphatic rings. The van der Waals surface area contributed by atoms with Crippen LogP contribution in [0.25, 0.3) is 11.2 Å². The van der Waals surface area contributed by atoms with Crippen LogP contribution in [0.4, 0.5) is 5.82 Å². The van der Waals surface area contributed by atoms with Gasteiger partial charge in [-0.2, -0.15) is 4.31 Å². The number of nitrogens with zero attached hydrogens (tertiary/aromatic N) is 4. The molecule has 2 aromatic heterocycles. The van der Waals surface area contributed by atoms with E-state index in [0.717, 1.165) is 29.0 Å². The molecule has 0 aliphatic carbocycles. The predicted molar refractivity (Wildman–Crippen MR) is 213 cm³/mol. The number of nitrogens with one attached hydrogen (secondary N) is 2. The lowest BCUT2D eigenvalue weighted by Gasteiger charge is -2.30. The van der Waals surface area contributed by atoms with Crippen LogP contribution in [0, 0.1) is 5.41 Å². The van der Waals surface area contributed by atoms with E-state index in [1.54, 1.807) is 0 Å². The van der Waals surface area contributed by atoms with E-state index in [1.807, 2.05) is 0 Å². The van der Waals surface area contributed by atoms with Crippen molar-refractivity contribution in [3.05, 3.63) is 36.4 Å². The van der Waals surface area contributed by atoms with Crippen molar-refractivity contribution < 1.29 is 90.7 Å². The number of phenolic OH excluding ortho intramolecular Hbond substituents is 2. The first kappa shape index (κ1) is 51.0. The summed E-state index contributed by atoms with van der Waals surface area (Å²) < 4.78 is 62.2. The van der Waals surface area contributed by atoms with Crippen LogP contribution in [0.2, 0.25) is 0 Å². The molecule has 0 saturated carbocycles. The number of carbonyl (C=O) groups excluding carboxylic acids is 3. The number of carbonyl (C=O) groups is 3. The van der Waals surface area contributed by atoms with Gasteiger partial charge in [-0.3, -0.25) is 32.5 Å². The Morgan fingerprint density at radius 3 is 2.34 bits per heavy atom. The first-order valence-corrected chi connectivity index (χ1v) is 23.5. The Bertz CT molecular complexity index is 2250. The summed E-state index contributed by atoms with van der Waals surface area (Å²) in [7, 11) is -16.5. The van der Waals surface area contributed by atoms with E-state index in [2.05, 4.69) is 34.4 Å². The molecule has 1 aliphatic heterocycles. The lowest BCUT2D eigenvalue weighted by molar-refractivity contribution is -0.137. The van der Waals surface area contributed by atoms with Crippen LogP contribution in [-0.2, 0) is 57.1 Å². The molecule has 7 unspecified atom stereocenters. The van der Waals surface area contributed by atoms with Crippen LogP contribution in [-0.4, -0.2) is 138 Å². The van der Waals surface area contributed by atoms with Crippen molar-refractivity contribution in [2.45, 2.75) is 69.8 Å². The molecule has 8 atom stereocenters. The molecule has 346 valence electrons. The van der Waals surface area contributed by atoms with Gasteiger partial charge in [0.25, 0.3) is 0 Å². The number of nitrogen functional groups attached to an aromatic ring is 1. The Kier molecular flexibility index (Phi) is 16.8. The maximum atomic E-state index is 12.7. The summed E-state index contributed by atoms with van der Waals surface area (Å²) in [5.41, 5.74) is 9.54. The largest absolute Gasteiger partial charge is 0.504 e. The molecule has 4 rings (SSSR count). The fraction of sp³-hybridized carbons (Fsp3) is 0.548. The first-order chi connectivity index (χ1) is 28.6. The Labute approximate surface area is 355 Å². The number of hydrogen-bond donors (Lipinski definition) is 12. The molecule has 1 saturated heterocycles. The van der Waals surface area contributed by atoms with Crippen LogP contribution in [0.3, 0.4) is 0 Å². The minimum absolute atomic E-state index is 0.0179. The van der Waals surface area contributed by atoms with E-state index < -0.39 is 95.2 Å². The fourth-order valence-electron chi connectivity index (χ4n) is 5.61. The van der Waals surface area contributed by atoms with Gasteiger partial charge < -0.3 is 66.8 Å². The normalized spacial score (nSPS) is 21.7. The molecular weight excluding hydrogens is 913 g/mol. The number of amides is 2. The molecule has 0 radical (unpaired) electrons. The van der Waals surface area contributed by atoms with Gasteiger partial charge in [0, 0.05) is 30.7 Å². The van der Waals surface area contributed by atoms with Crippen molar-refractivity contribution in [1.29, 1.82) is 0 Å². The van der Waals surface area contributed by atoms with E-state index in [1.165, 1.54) is 39.0 Å². The smallest absolute Gasteiger partial charge is 0.481 e. The number of aromatic nitrogens is 4. The van der Waals surface area contributed by atoms with Gasteiger partial charge in [0.15, 0.2) is 29.2 Å². The number of hydrogen-bond acceptors (Lipinski definition) is 21. The van der Waals surface area contributed by atoms with Gasteiger partial charge in [0.1, 0.15) is 36.3 Å². The number of aliphatic hydroxyl groups is 2. The molecular formula is C31H47N8O19P3S. The zero-order valence-corrected chi connectivity index (χ0v) is 36.5. The minimum Gasteiger partial charge on any atom is -0.504 e. The van der Waals surface area contributed by atoms with Crippen LogP contribution in [0.15, 0.2) is 30.9 Å². The number of phosphoric acid groups is 3. The van der Waals surface area contributed by atoms with Crippen LogP contribution < -0.4 is 22.1 Å². The molecule has 62 heavy (non-hydrogen) atoms. The molecule has 3 heterocycles. The number of fused-ring (bicyclic) bond motifs is 1. The molecule has 1 aromatic carbocycles. The average molecular weight is 961 g/mol. The van der Waals surface area contributed by atoms with Crippen molar-refractivity contribution in [3.63, 3.8) is 0 Å². The van der Waals surface area contributed by atoms with Gasteiger partial charge in [-0.25, -0.2) is 28.6 Å². The quantitative estimate of drug-likeness (QED) is 0.0328. The molecule has 3 aromatic rings. The van der Waals surface area contributed by atoms with Gasteiger partial charge in [-0.15, -0.1) is 0 Å². The third kappa shape index (κ3) is 14.2. The Hall–Kier alpha value is -3.66. The van der Waals surface area contributed by atoms with Gasteiger partial charge in [0.05, 0.1) is 25.1 Å². The number of thioether (sulfide) groups is 1. The van der Waals surface area contributed by atoms with Gasteiger partial charge in [0.2, 0.25) is 16.9 Å². The summed E-state index contributed by atoms with van der Waals surface area (Å²) in [6.07, 6.45) is -7.07. The predicted octanol–water partition coefficient (Wildman–Crippen LogP) is -0.964. The molecule has 31 heteroatoms. The number of aromatic hydroxyl groups is 2. The second kappa shape index (κ2) is 20.5. The van der Waals surface area contributed by atoms with E-state index in [4.69, 9.17) is 25.3 Å². The van der Waals surface area contributed by atoms with Crippen molar-refractivity contribution >= 4 is 69.1 Å². The summed E-state index contributed by atoms with van der Waals surface area (Å²) >= 11 is 0.867. The first-order valence-electron chi connectivity index (χ1n) is 18.0. The standard InChI is InChI=1S/C31H47N8O19P3S/c1-30(2,24(44)27(45)35-7-6-20(42)34-8-9-62-29(46)31(3,33)11-16-4-5-17(40)18(41)10-16)13-55-61(52,53)58-60(50,51)54-12-19-23(57-59(47,48)49)22(43)28(56-19)39-15-38-21-25(32)36-14-37-26(21)39/h4-5,10,14-15,19,22-24,28,40-41,43-44H,6-9,11-13,33H2,1-3H3,(H,34,42)(H,35,45)(H,50,51)(H,52,53)(H2,32,36,37)(H2,47,48,49)/t19?,22?,23?,24?,28?,31-/m0/s1. The summed E-state index contributed by atoms with van der Waals surface area (Å²) in [6.45, 7) is 1.67.